The molecular weight excluding hydrogens is 104 g/mol. The van der Waals surface area contributed by atoms with E-state index in [-0.39, 0.29) is 11.5 Å². The molecule has 0 unspecified atom stereocenters. The van der Waals surface area contributed by atoms with E-state index in [1.54, 1.807) is 0 Å². The first-order valence-electron chi connectivity index (χ1n) is 2.39. The van der Waals surface area contributed by atoms with Crippen LogP contribution in [0, 0.1) is 0 Å². The third-order valence-electron chi connectivity index (χ3n) is 0.952. The predicted molar refractivity (Wildman–Crippen MR) is 29.5 cm³/mol. The number of hydrogen-bond acceptors (Lipinski definition) is 2. The third-order valence-corrected chi connectivity index (χ3v) is 0.952. The molecule has 0 fully saturated rings. The van der Waals surface area contributed by atoms with Crippen molar-refractivity contribution in [2.75, 3.05) is 0 Å². The number of carbonyl (C=O) groups is 1. The van der Waals surface area contributed by atoms with Crippen LogP contribution in [0.25, 0.3) is 0 Å². The Balaban J connectivity index is 2.71. The summed E-state index contributed by atoms with van der Waals surface area (Å²) in [5, 5.41) is 8.65. The van der Waals surface area contributed by atoms with Crippen LogP contribution in [0.4, 0.5) is 0 Å². The summed E-state index contributed by atoms with van der Waals surface area (Å²) in [6, 6.07) is 0. The van der Waals surface area contributed by atoms with E-state index in [9.17, 15) is 4.79 Å². The van der Waals surface area contributed by atoms with Gasteiger partial charge in [0, 0.05) is 6.42 Å². The minimum Gasteiger partial charge on any atom is -0.508 e. The molecule has 0 aliphatic heterocycles. The van der Waals surface area contributed by atoms with Crippen LogP contribution in [0.2, 0.25) is 0 Å². The van der Waals surface area contributed by atoms with Crippen molar-refractivity contribution < 1.29 is 9.90 Å². The lowest BCUT2D eigenvalue weighted by Gasteiger charge is -1.95. The second kappa shape index (κ2) is 1.82. The minimum absolute atomic E-state index is 0.0443. The number of aliphatic hydroxyl groups excluding tert-OH is 1. The second-order valence-electron chi connectivity index (χ2n) is 1.63. The molecule has 8 heavy (non-hydrogen) atoms. The molecule has 0 saturated carbocycles. The van der Waals surface area contributed by atoms with Gasteiger partial charge in [-0.15, -0.1) is 0 Å². The van der Waals surface area contributed by atoms with Gasteiger partial charge in [-0.05, 0) is 18.2 Å². The predicted octanol–water partition coefficient (Wildman–Crippen LogP) is 0.957. The van der Waals surface area contributed by atoms with E-state index in [0.29, 0.717) is 6.42 Å². The van der Waals surface area contributed by atoms with Gasteiger partial charge in [-0.2, -0.15) is 0 Å². The highest BCUT2D eigenvalue weighted by Crippen LogP contribution is 2.01. The Morgan fingerprint density at radius 1 is 1.50 bits per heavy atom. The highest BCUT2D eigenvalue weighted by molar-refractivity contribution is 5.92. The number of rotatable bonds is 0. The summed E-state index contributed by atoms with van der Waals surface area (Å²) in [5.41, 5.74) is 0. The van der Waals surface area contributed by atoms with Crippen LogP contribution < -0.4 is 0 Å². The highest BCUT2D eigenvalue weighted by Gasteiger charge is 1.99. The number of carbonyl (C=O) groups excluding carboxylic acids is 1. The van der Waals surface area contributed by atoms with E-state index in [0.717, 1.165) is 0 Å². The number of hydrogen-bond donors (Lipinski definition) is 1. The first-order valence-corrected chi connectivity index (χ1v) is 2.39. The Hall–Kier alpha value is -1.05. The minimum atomic E-state index is 0.0443. The van der Waals surface area contributed by atoms with Gasteiger partial charge in [0.25, 0.3) is 0 Å². The summed E-state index contributed by atoms with van der Waals surface area (Å²) in [6.45, 7) is 0. The lowest BCUT2D eigenvalue weighted by Crippen LogP contribution is -1.94. The molecule has 0 amide bonds. The molecule has 0 radical (unpaired) electrons. The zero-order chi connectivity index (χ0) is 5.98. The quantitative estimate of drug-likeness (QED) is 0.504. The van der Waals surface area contributed by atoms with Crippen LogP contribution in [-0.4, -0.2) is 10.9 Å². The second-order valence-corrected chi connectivity index (χ2v) is 1.63. The average Bonchev–Trinajstić information content (AvgIpc) is 1.77. The van der Waals surface area contributed by atoms with Crippen molar-refractivity contribution >= 4 is 5.78 Å². The van der Waals surface area contributed by atoms with Gasteiger partial charge in [0.1, 0.15) is 5.76 Å². The van der Waals surface area contributed by atoms with Crippen LogP contribution in [-0.2, 0) is 4.79 Å². The molecule has 1 aliphatic carbocycles. The number of allylic oxidation sites excluding steroid dienone is 3. The van der Waals surface area contributed by atoms with Crippen LogP contribution in [0.3, 0.4) is 0 Å². The topological polar surface area (TPSA) is 37.3 Å². The fourth-order valence-electron chi connectivity index (χ4n) is 0.520. The highest BCUT2D eigenvalue weighted by atomic mass is 16.3. The molecule has 0 atom stereocenters. The van der Waals surface area contributed by atoms with E-state index in [1.807, 2.05) is 0 Å². The van der Waals surface area contributed by atoms with Gasteiger partial charge in [-0.25, -0.2) is 0 Å². The Labute approximate surface area is 47.1 Å². The monoisotopic (exact) mass is 110 g/mol. The number of ketones is 1. The molecule has 0 bridgehead atoms. The van der Waals surface area contributed by atoms with Gasteiger partial charge >= 0.3 is 0 Å². The van der Waals surface area contributed by atoms with Crippen molar-refractivity contribution in [3.63, 3.8) is 0 Å². The van der Waals surface area contributed by atoms with Crippen LogP contribution in [0.1, 0.15) is 6.42 Å². The molecule has 0 heterocycles. The lowest BCUT2D eigenvalue weighted by atomic mass is 10.1. The summed E-state index contributed by atoms with van der Waals surface area (Å²) in [6.07, 6.45) is 4.59. The van der Waals surface area contributed by atoms with Crippen LogP contribution >= 0.6 is 0 Å². The molecular formula is C6H6O2. The third kappa shape index (κ3) is 0.964. The molecule has 2 heteroatoms. The summed E-state index contributed by atoms with van der Waals surface area (Å²) in [7, 11) is 0. The van der Waals surface area contributed by atoms with Crippen molar-refractivity contribution in [3.8, 4) is 0 Å². The van der Waals surface area contributed by atoms with Gasteiger partial charge in [-0.3, -0.25) is 4.79 Å². The maximum absolute atomic E-state index is 10.4. The molecule has 0 aromatic carbocycles. The molecule has 2 nitrogen and oxygen atoms in total. The van der Waals surface area contributed by atoms with Crippen LogP contribution in [0.15, 0.2) is 24.0 Å². The van der Waals surface area contributed by atoms with Crippen molar-refractivity contribution in [1.29, 1.82) is 0 Å². The van der Waals surface area contributed by atoms with Crippen molar-refractivity contribution in [2.45, 2.75) is 6.42 Å². The summed E-state index contributed by atoms with van der Waals surface area (Å²) < 4.78 is 0. The first-order chi connectivity index (χ1) is 3.79. The molecule has 0 aromatic heterocycles. The zero-order valence-corrected chi connectivity index (χ0v) is 4.29. The fourth-order valence-corrected chi connectivity index (χ4v) is 0.520. The van der Waals surface area contributed by atoms with Gasteiger partial charge in [0.2, 0.25) is 0 Å². The fraction of sp³-hybridized carbons (Fsp3) is 0.167. The van der Waals surface area contributed by atoms with Crippen molar-refractivity contribution in [3.05, 3.63) is 24.0 Å². The van der Waals surface area contributed by atoms with E-state index >= 15 is 0 Å². The average molecular weight is 110 g/mol. The number of aliphatic hydroxyl groups is 1. The molecule has 0 aromatic rings. The van der Waals surface area contributed by atoms with Crippen LogP contribution in [0.5, 0.6) is 0 Å². The largest absolute Gasteiger partial charge is 0.508 e. The first kappa shape index (κ1) is 5.09. The Bertz CT molecular complexity index is 163. The van der Waals surface area contributed by atoms with E-state index in [2.05, 4.69) is 0 Å². The van der Waals surface area contributed by atoms with E-state index < -0.39 is 0 Å². The summed E-state index contributed by atoms with van der Waals surface area (Å²) in [5.74, 6) is 0.229. The summed E-state index contributed by atoms with van der Waals surface area (Å²) >= 11 is 0. The molecule has 1 N–H and O–H groups in total. The van der Waals surface area contributed by atoms with Crippen molar-refractivity contribution in [2.24, 2.45) is 0 Å². The molecule has 0 spiro atoms. The normalized spacial score (nSPS) is 18.5. The molecule has 1 aliphatic rings. The van der Waals surface area contributed by atoms with E-state index in [1.165, 1.54) is 18.2 Å². The maximum Gasteiger partial charge on any atom is 0.159 e. The Morgan fingerprint density at radius 3 is 2.62 bits per heavy atom. The van der Waals surface area contributed by atoms with Crippen molar-refractivity contribution in [1.82, 2.24) is 0 Å². The SMILES string of the molecule is O=C1C=CC(O)=CC1. The smallest absolute Gasteiger partial charge is 0.159 e. The summed E-state index contributed by atoms with van der Waals surface area (Å²) in [4.78, 5) is 10.4. The lowest BCUT2D eigenvalue weighted by molar-refractivity contribution is -0.114. The van der Waals surface area contributed by atoms with Gasteiger partial charge in [0.05, 0.1) is 0 Å². The Kier molecular flexibility index (Phi) is 1.16. The molecule has 0 saturated heterocycles. The van der Waals surface area contributed by atoms with E-state index in [4.69, 9.17) is 5.11 Å². The van der Waals surface area contributed by atoms with Gasteiger partial charge in [0.15, 0.2) is 5.78 Å². The van der Waals surface area contributed by atoms with Gasteiger partial charge < -0.3 is 5.11 Å². The van der Waals surface area contributed by atoms with Gasteiger partial charge in [-0.1, -0.05) is 0 Å². The maximum atomic E-state index is 10.4. The molecule has 42 valence electrons. The Morgan fingerprint density at radius 2 is 2.25 bits per heavy atom. The molecule has 1 rings (SSSR count). The standard InChI is InChI=1S/C6H6O2/c7-5-1-2-6(8)4-3-5/h1-3,7H,4H2. The zero-order valence-electron chi connectivity index (χ0n) is 4.29.